The summed E-state index contributed by atoms with van der Waals surface area (Å²) in [5.74, 6) is 0. The van der Waals surface area contributed by atoms with E-state index in [0.717, 1.165) is 5.69 Å². The van der Waals surface area contributed by atoms with E-state index in [0.29, 0.717) is 9.82 Å². The molecule has 0 atom stereocenters. The van der Waals surface area contributed by atoms with Gasteiger partial charge in [0.15, 0.2) is 0 Å². The first-order chi connectivity index (χ1) is 6.74. The highest BCUT2D eigenvalue weighted by molar-refractivity contribution is 7.03. The standard InChI is InChI=1S/C8H7ClN4S/c1-13-12-11-8(14-13)10-7-4-2-3-6(9)5-7/h2-5H,1H3. The second kappa shape index (κ2) is 3.89. The molecule has 0 saturated carbocycles. The third-order valence-corrected chi connectivity index (χ3v) is 2.41. The Hall–Kier alpha value is -1.20. The summed E-state index contributed by atoms with van der Waals surface area (Å²) in [5, 5.41) is 8.32. The lowest BCUT2D eigenvalue weighted by Gasteiger charge is -1.90. The van der Waals surface area contributed by atoms with Gasteiger partial charge in [-0.3, -0.25) is 0 Å². The normalized spacial score (nSPS) is 12.0. The Morgan fingerprint density at radius 2 is 2.36 bits per heavy atom. The molecule has 0 saturated heterocycles. The van der Waals surface area contributed by atoms with E-state index in [1.165, 1.54) is 11.5 Å². The van der Waals surface area contributed by atoms with Gasteiger partial charge in [0.1, 0.15) is 0 Å². The quantitative estimate of drug-likeness (QED) is 0.744. The van der Waals surface area contributed by atoms with Gasteiger partial charge in [-0.25, -0.2) is 9.06 Å². The van der Waals surface area contributed by atoms with Crippen molar-refractivity contribution in [2.75, 3.05) is 0 Å². The summed E-state index contributed by atoms with van der Waals surface area (Å²) in [6.45, 7) is 0. The number of benzene rings is 1. The van der Waals surface area contributed by atoms with E-state index in [1.807, 2.05) is 19.2 Å². The zero-order chi connectivity index (χ0) is 9.97. The van der Waals surface area contributed by atoms with Crippen molar-refractivity contribution in [1.82, 2.24) is 14.4 Å². The van der Waals surface area contributed by atoms with Crippen LogP contribution >= 0.6 is 23.1 Å². The molecule has 2 rings (SSSR count). The summed E-state index contributed by atoms with van der Waals surface area (Å²) in [6.07, 6.45) is 0. The maximum atomic E-state index is 5.82. The van der Waals surface area contributed by atoms with Crippen LogP contribution in [0.5, 0.6) is 0 Å². The van der Waals surface area contributed by atoms with Crippen molar-refractivity contribution in [3.05, 3.63) is 34.1 Å². The van der Waals surface area contributed by atoms with E-state index in [-0.39, 0.29) is 0 Å². The summed E-state index contributed by atoms with van der Waals surface area (Å²) >= 11 is 7.19. The van der Waals surface area contributed by atoms with Crippen molar-refractivity contribution in [1.29, 1.82) is 0 Å². The van der Waals surface area contributed by atoms with Gasteiger partial charge in [-0.1, -0.05) is 28.0 Å². The molecule has 0 aliphatic rings. The molecule has 0 unspecified atom stereocenters. The number of halogens is 1. The van der Waals surface area contributed by atoms with E-state index in [1.54, 1.807) is 16.2 Å². The second-order valence-corrected chi connectivity index (χ2v) is 4.13. The maximum absolute atomic E-state index is 5.82. The Bertz CT molecular complexity index is 502. The molecule has 6 heteroatoms. The van der Waals surface area contributed by atoms with Gasteiger partial charge in [0.05, 0.1) is 5.69 Å². The predicted molar refractivity (Wildman–Crippen MR) is 55.6 cm³/mol. The molecular weight excluding hydrogens is 220 g/mol. The molecule has 0 fully saturated rings. The molecule has 0 bridgehead atoms. The lowest BCUT2D eigenvalue weighted by molar-refractivity contribution is 0.754. The number of rotatable bonds is 1. The van der Waals surface area contributed by atoms with Gasteiger partial charge in [0.2, 0.25) is 4.80 Å². The Balaban J connectivity index is 2.43. The Morgan fingerprint density at radius 1 is 1.50 bits per heavy atom. The Morgan fingerprint density at radius 3 is 3.00 bits per heavy atom. The van der Waals surface area contributed by atoms with Crippen molar-refractivity contribution < 1.29 is 0 Å². The lowest BCUT2D eigenvalue weighted by Crippen LogP contribution is -1.95. The van der Waals surface area contributed by atoms with Gasteiger partial charge in [0.25, 0.3) is 0 Å². The minimum absolute atomic E-state index is 0.620. The van der Waals surface area contributed by atoms with Crippen molar-refractivity contribution in [2.24, 2.45) is 12.0 Å². The molecule has 4 nitrogen and oxygen atoms in total. The fourth-order valence-electron chi connectivity index (χ4n) is 0.955. The van der Waals surface area contributed by atoms with E-state index in [9.17, 15) is 0 Å². The molecule has 0 aliphatic carbocycles. The van der Waals surface area contributed by atoms with Crippen molar-refractivity contribution in [3.63, 3.8) is 0 Å². The zero-order valence-electron chi connectivity index (χ0n) is 7.38. The average Bonchev–Trinajstić information content (AvgIpc) is 2.51. The van der Waals surface area contributed by atoms with Crippen LogP contribution in [0.3, 0.4) is 0 Å². The second-order valence-electron chi connectivity index (χ2n) is 2.62. The van der Waals surface area contributed by atoms with Crippen LogP contribution < -0.4 is 4.80 Å². The molecule has 0 amide bonds. The minimum Gasteiger partial charge on any atom is -0.217 e. The number of nitrogens with zero attached hydrogens (tertiary/aromatic N) is 4. The summed E-state index contributed by atoms with van der Waals surface area (Å²) in [4.78, 5) is 4.88. The molecule has 0 radical (unpaired) electrons. The summed E-state index contributed by atoms with van der Waals surface area (Å²) in [5.41, 5.74) is 0.786. The van der Waals surface area contributed by atoms with Crippen LogP contribution in [0.15, 0.2) is 29.3 Å². The Kier molecular flexibility index (Phi) is 2.60. The highest BCUT2D eigenvalue weighted by Crippen LogP contribution is 2.16. The van der Waals surface area contributed by atoms with Crippen LogP contribution in [-0.2, 0) is 7.05 Å². The van der Waals surface area contributed by atoms with E-state index < -0.39 is 0 Å². The van der Waals surface area contributed by atoms with Gasteiger partial charge >= 0.3 is 0 Å². The molecule has 1 aromatic carbocycles. The summed E-state index contributed by atoms with van der Waals surface area (Å²) in [7, 11) is 1.81. The number of aryl methyl sites for hydroxylation is 1. The largest absolute Gasteiger partial charge is 0.249 e. The van der Waals surface area contributed by atoms with Crippen LogP contribution in [0.1, 0.15) is 0 Å². The topological polar surface area (TPSA) is 43.1 Å². The maximum Gasteiger partial charge on any atom is 0.249 e. The number of aromatic nitrogens is 3. The highest BCUT2D eigenvalue weighted by atomic mass is 35.5. The first kappa shape index (κ1) is 9.36. The molecule has 1 heterocycles. The molecule has 0 aliphatic heterocycles. The molecule has 2 aromatic rings. The van der Waals surface area contributed by atoms with Gasteiger partial charge < -0.3 is 0 Å². The third-order valence-electron chi connectivity index (χ3n) is 1.50. The third kappa shape index (κ3) is 2.18. The van der Waals surface area contributed by atoms with E-state index in [2.05, 4.69) is 15.3 Å². The smallest absolute Gasteiger partial charge is 0.217 e. The molecule has 1 aromatic heterocycles. The van der Waals surface area contributed by atoms with Gasteiger partial charge in [-0.05, 0) is 18.2 Å². The SMILES string of the molecule is Cn1nnc(=Nc2cccc(Cl)c2)s1. The monoisotopic (exact) mass is 226 g/mol. The van der Waals surface area contributed by atoms with Crippen molar-refractivity contribution in [2.45, 2.75) is 0 Å². The molecule has 72 valence electrons. The Labute approximate surface area is 89.6 Å². The van der Waals surface area contributed by atoms with Crippen LogP contribution in [0.2, 0.25) is 5.02 Å². The van der Waals surface area contributed by atoms with Gasteiger partial charge in [-0.15, -0.1) is 0 Å². The predicted octanol–water partition coefficient (Wildman–Crippen LogP) is 1.76. The number of hydrogen-bond donors (Lipinski definition) is 0. The van der Waals surface area contributed by atoms with Gasteiger partial charge in [0, 0.05) is 23.6 Å². The minimum atomic E-state index is 0.620. The fraction of sp³-hybridized carbons (Fsp3) is 0.125. The fourth-order valence-corrected chi connectivity index (χ4v) is 1.67. The number of hydrogen-bond acceptors (Lipinski definition) is 4. The molecule has 0 spiro atoms. The van der Waals surface area contributed by atoms with Gasteiger partial charge in [-0.2, -0.15) is 0 Å². The molecular formula is C8H7ClN4S. The molecule has 14 heavy (non-hydrogen) atoms. The lowest BCUT2D eigenvalue weighted by atomic mass is 10.3. The summed E-state index contributed by atoms with van der Waals surface area (Å²) < 4.78 is 1.64. The van der Waals surface area contributed by atoms with E-state index in [4.69, 9.17) is 11.6 Å². The zero-order valence-corrected chi connectivity index (χ0v) is 8.96. The van der Waals surface area contributed by atoms with Crippen molar-refractivity contribution >= 4 is 28.8 Å². The average molecular weight is 227 g/mol. The highest BCUT2D eigenvalue weighted by Gasteiger charge is 1.93. The molecule has 0 N–H and O–H groups in total. The van der Waals surface area contributed by atoms with Crippen molar-refractivity contribution in [3.8, 4) is 0 Å². The first-order valence-corrected chi connectivity index (χ1v) is 5.07. The van der Waals surface area contributed by atoms with Crippen LogP contribution in [0.25, 0.3) is 0 Å². The summed E-state index contributed by atoms with van der Waals surface area (Å²) in [6, 6.07) is 7.30. The van der Waals surface area contributed by atoms with Crippen LogP contribution in [0.4, 0.5) is 5.69 Å². The van der Waals surface area contributed by atoms with Crippen LogP contribution in [-0.4, -0.2) is 14.4 Å². The van der Waals surface area contributed by atoms with Crippen LogP contribution in [0, 0.1) is 0 Å². The van der Waals surface area contributed by atoms with E-state index >= 15 is 0 Å². The first-order valence-electron chi connectivity index (χ1n) is 3.92.